The minimum absolute atomic E-state index is 0.154. The van der Waals surface area contributed by atoms with Gasteiger partial charge in [0.05, 0.1) is 13.2 Å². The molecule has 1 aliphatic heterocycles. The molecule has 0 aromatic heterocycles. The molecule has 0 bridgehead atoms. The number of morpholine rings is 1. The lowest BCUT2D eigenvalue weighted by atomic mass is 10.1. The Morgan fingerprint density at radius 1 is 1.06 bits per heavy atom. The molecule has 2 N–H and O–H groups in total. The molecule has 1 saturated heterocycles. The van der Waals surface area contributed by atoms with E-state index in [1.165, 1.54) is 0 Å². The van der Waals surface area contributed by atoms with Gasteiger partial charge in [0.1, 0.15) is 12.6 Å². The van der Waals surface area contributed by atoms with Crippen molar-refractivity contribution < 1.29 is 19.1 Å². The summed E-state index contributed by atoms with van der Waals surface area (Å²) in [5.41, 5.74) is 1.83. The Balaban J connectivity index is 1.48. The zero-order valence-corrected chi connectivity index (χ0v) is 17.7. The fourth-order valence-corrected chi connectivity index (χ4v) is 3.37. The third-order valence-electron chi connectivity index (χ3n) is 5.10. The minimum atomic E-state index is -0.714. The van der Waals surface area contributed by atoms with Crippen LogP contribution in [-0.2, 0) is 27.3 Å². The summed E-state index contributed by atoms with van der Waals surface area (Å²) in [5, 5.41) is 5.66. The summed E-state index contributed by atoms with van der Waals surface area (Å²) in [6.07, 6.45) is 0.613. The van der Waals surface area contributed by atoms with E-state index in [2.05, 4.69) is 21.6 Å². The van der Waals surface area contributed by atoms with Gasteiger partial charge >= 0.3 is 6.09 Å². The fourth-order valence-electron chi connectivity index (χ4n) is 3.37. The number of benzene rings is 2. The Bertz CT molecular complexity index is 795. The predicted molar refractivity (Wildman–Crippen MR) is 117 cm³/mol. The Morgan fingerprint density at radius 2 is 1.81 bits per heavy atom. The van der Waals surface area contributed by atoms with Crippen LogP contribution < -0.4 is 10.6 Å². The molecule has 0 spiro atoms. The van der Waals surface area contributed by atoms with Crippen molar-refractivity contribution in [1.82, 2.24) is 15.5 Å². The molecule has 1 fully saturated rings. The summed E-state index contributed by atoms with van der Waals surface area (Å²) < 4.78 is 10.6. The third kappa shape index (κ3) is 8.39. The van der Waals surface area contributed by atoms with Crippen molar-refractivity contribution in [2.24, 2.45) is 0 Å². The molecule has 0 unspecified atom stereocenters. The molecule has 31 heavy (non-hydrogen) atoms. The van der Waals surface area contributed by atoms with Crippen LogP contribution >= 0.6 is 0 Å². The maximum absolute atomic E-state index is 12.8. The van der Waals surface area contributed by atoms with E-state index < -0.39 is 12.1 Å². The molecule has 2 amide bonds. The van der Waals surface area contributed by atoms with E-state index in [1.54, 1.807) is 12.1 Å². The van der Waals surface area contributed by atoms with Crippen LogP contribution in [0, 0.1) is 6.07 Å². The summed E-state index contributed by atoms with van der Waals surface area (Å²) >= 11 is 0. The standard InChI is InChI=1S/C24H30N3O4/c28-23(25-12-7-13-27-14-16-30-17-15-27)22(18-20-8-3-1-4-9-20)26-24(29)31-19-21-10-5-2-6-11-21/h2-6,8-11,22H,7,12-19H2,(H,25,28)(H,26,29)/t22-/m0/s1. The van der Waals surface area contributed by atoms with Crippen LogP contribution in [0.1, 0.15) is 17.5 Å². The molecule has 3 rings (SSSR count). The van der Waals surface area contributed by atoms with Gasteiger partial charge in [0, 0.05) is 26.1 Å². The van der Waals surface area contributed by atoms with Crippen molar-refractivity contribution in [2.75, 3.05) is 39.4 Å². The molecule has 2 aromatic carbocycles. The van der Waals surface area contributed by atoms with Gasteiger partial charge in [-0.3, -0.25) is 9.69 Å². The number of ether oxygens (including phenoxy) is 2. The lowest BCUT2D eigenvalue weighted by Gasteiger charge is -2.26. The van der Waals surface area contributed by atoms with Gasteiger partial charge in [0.15, 0.2) is 0 Å². The second-order valence-electron chi connectivity index (χ2n) is 7.47. The molecular weight excluding hydrogens is 394 g/mol. The number of nitrogens with zero attached hydrogens (tertiary/aromatic N) is 1. The van der Waals surface area contributed by atoms with E-state index in [-0.39, 0.29) is 12.5 Å². The van der Waals surface area contributed by atoms with Crippen LogP contribution in [0.25, 0.3) is 0 Å². The minimum Gasteiger partial charge on any atom is -0.445 e. The largest absolute Gasteiger partial charge is 0.445 e. The predicted octanol–water partition coefficient (Wildman–Crippen LogP) is 2.16. The zero-order chi connectivity index (χ0) is 21.7. The summed E-state index contributed by atoms with van der Waals surface area (Å²) in [7, 11) is 0. The average molecular weight is 425 g/mol. The van der Waals surface area contributed by atoms with Gasteiger partial charge in [-0.25, -0.2) is 4.79 Å². The smallest absolute Gasteiger partial charge is 0.408 e. The summed E-state index contributed by atoms with van der Waals surface area (Å²) in [4.78, 5) is 27.4. The van der Waals surface area contributed by atoms with Crippen LogP contribution in [0.3, 0.4) is 0 Å². The Hall–Kier alpha value is -2.90. The lowest BCUT2D eigenvalue weighted by molar-refractivity contribution is -0.123. The third-order valence-corrected chi connectivity index (χ3v) is 5.10. The number of hydrogen-bond acceptors (Lipinski definition) is 5. The first-order valence-corrected chi connectivity index (χ1v) is 10.7. The van der Waals surface area contributed by atoms with E-state index in [0.717, 1.165) is 50.4 Å². The fraction of sp³-hybridized carbons (Fsp3) is 0.417. The van der Waals surface area contributed by atoms with E-state index >= 15 is 0 Å². The molecule has 0 aliphatic carbocycles. The maximum atomic E-state index is 12.8. The van der Waals surface area contributed by atoms with E-state index in [9.17, 15) is 9.59 Å². The lowest BCUT2D eigenvalue weighted by Crippen LogP contribution is -2.48. The number of alkyl carbamates (subject to hydrolysis) is 1. The number of carbonyl (C=O) groups is 2. The van der Waals surface area contributed by atoms with Crippen LogP contribution in [0.5, 0.6) is 0 Å². The zero-order valence-electron chi connectivity index (χ0n) is 17.7. The second kappa shape index (κ2) is 12.7. The quantitative estimate of drug-likeness (QED) is 0.572. The molecule has 1 heterocycles. The topological polar surface area (TPSA) is 79.9 Å². The van der Waals surface area contributed by atoms with E-state index in [0.29, 0.717) is 13.0 Å². The van der Waals surface area contributed by atoms with Crippen LogP contribution in [-0.4, -0.2) is 62.3 Å². The Morgan fingerprint density at radius 3 is 2.55 bits per heavy atom. The summed E-state index contributed by atoms with van der Waals surface area (Å²) in [6.45, 7) is 4.99. The highest BCUT2D eigenvalue weighted by Gasteiger charge is 2.22. The number of nitrogens with one attached hydrogen (secondary N) is 2. The number of amides is 2. The van der Waals surface area contributed by atoms with Crippen molar-refractivity contribution >= 4 is 12.0 Å². The monoisotopic (exact) mass is 424 g/mol. The van der Waals surface area contributed by atoms with Gasteiger partial charge in [-0.05, 0) is 30.2 Å². The molecule has 1 aliphatic rings. The van der Waals surface area contributed by atoms with Crippen LogP contribution in [0.15, 0.2) is 54.6 Å². The highest BCUT2D eigenvalue weighted by Crippen LogP contribution is 2.05. The molecule has 165 valence electrons. The molecule has 1 radical (unpaired) electrons. The first kappa shape index (κ1) is 22.8. The van der Waals surface area contributed by atoms with Gasteiger partial charge in [-0.2, -0.15) is 0 Å². The van der Waals surface area contributed by atoms with Crippen molar-refractivity contribution in [3.05, 3.63) is 71.8 Å². The Kier molecular flexibility index (Phi) is 9.34. The van der Waals surface area contributed by atoms with Crippen LogP contribution in [0.4, 0.5) is 4.79 Å². The molecule has 7 heteroatoms. The van der Waals surface area contributed by atoms with Crippen molar-refractivity contribution in [3.8, 4) is 0 Å². The number of carbonyl (C=O) groups excluding carboxylic acids is 2. The van der Waals surface area contributed by atoms with Crippen molar-refractivity contribution in [3.63, 3.8) is 0 Å². The van der Waals surface area contributed by atoms with Crippen molar-refractivity contribution in [1.29, 1.82) is 0 Å². The molecule has 0 saturated carbocycles. The normalized spacial score (nSPS) is 15.1. The Labute approximate surface area is 183 Å². The second-order valence-corrected chi connectivity index (χ2v) is 7.47. The summed E-state index contributed by atoms with van der Waals surface area (Å²) in [5.74, 6) is -0.216. The van der Waals surface area contributed by atoms with Gasteiger partial charge in [0.25, 0.3) is 0 Å². The van der Waals surface area contributed by atoms with Crippen molar-refractivity contribution in [2.45, 2.75) is 25.5 Å². The number of hydrogen-bond donors (Lipinski definition) is 2. The first-order chi connectivity index (χ1) is 15.2. The number of rotatable bonds is 10. The highest BCUT2D eigenvalue weighted by molar-refractivity contribution is 5.85. The highest BCUT2D eigenvalue weighted by atomic mass is 16.5. The summed E-state index contributed by atoms with van der Waals surface area (Å²) in [6, 6.07) is 19.0. The average Bonchev–Trinajstić information content (AvgIpc) is 2.82. The van der Waals surface area contributed by atoms with Gasteiger partial charge < -0.3 is 20.1 Å². The van der Waals surface area contributed by atoms with E-state index in [4.69, 9.17) is 9.47 Å². The van der Waals surface area contributed by atoms with Gasteiger partial charge in [0.2, 0.25) is 5.91 Å². The van der Waals surface area contributed by atoms with E-state index in [1.807, 2.05) is 42.5 Å². The molecule has 1 atom stereocenters. The van der Waals surface area contributed by atoms with Gasteiger partial charge in [-0.1, -0.05) is 54.6 Å². The first-order valence-electron chi connectivity index (χ1n) is 10.7. The molecule has 7 nitrogen and oxygen atoms in total. The molecule has 2 aromatic rings. The maximum Gasteiger partial charge on any atom is 0.408 e. The van der Waals surface area contributed by atoms with Gasteiger partial charge in [-0.15, -0.1) is 0 Å². The SMILES string of the molecule is O=C(N[C@@H](Cc1cc[c]cc1)C(=O)NCCCN1CCOCC1)OCc1ccccc1. The molecular formula is C24H30N3O4. The van der Waals surface area contributed by atoms with Crippen LogP contribution in [0.2, 0.25) is 0 Å².